The second-order valence-corrected chi connectivity index (χ2v) is 9.46. The Kier molecular flexibility index (Phi) is 6.79. The number of likely N-dealkylation sites (N-methyl/N-ethyl adjacent to an activating group) is 1. The highest BCUT2D eigenvalue weighted by Crippen LogP contribution is 2.27. The van der Waals surface area contributed by atoms with Gasteiger partial charge in [-0.2, -0.15) is 4.98 Å². The first-order valence-corrected chi connectivity index (χ1v) is 11.7. The van der Waals surface area contributed by atoms with Gasteiger partial charge in [0.25, 0.3) is 5.91 Å². The number of aromatic nitrogens is 2. The van der Waals surface area contributed by atoms with E-state index in [4.69, 9.17) is 5.73 Å². The van der Waals surface area contributed by atoms with Gasteiger partial charge >= 0.3 is 0 Å². The number of nitrogens with one attached hydrogen (secondary N) is 1. The highest BCUT2D eigenvalue weighted by Gasteiger charge is 2.20. The third kappa shape index (κ3) is 5.42. The summed E-state index contributed by atoms with van der Waals surface area (Å²) in [5.41, 5.74) is 9.68. The summed E-state index contributed by atoms with van der Waals surface area (Å²) in [5, 5.41) is 4.02. The molecule has 4 rings (SSSR count). The maximum absolute atomic E-state index is 13.0. The number of amides is 1. The molecule has 2 heterocycles. The van der Waals surface area contributed by atoms with Crippen molar-refractivity contribution in [1.82, 2.24) is 20.2 Å². The van der Waals surface area contributed by atoms with Gasteiger partial charge in [0.2, 0.25) is 5.95 Å². The second-order valence-electron chi connectivity index (χ2n) is 9.46. The van der Waals surface area contributed by atoms with Crippen LogP contribution in [0.2, 0.25) is 0 Å². The summed E-state index contributed by atoms with van der Waals surface area (Å²) >= 11 is 0. The molecule has 0 spiro atoms. The molecule has 7 nitrogen and oxygen atoms in total. The topological polar surface area (TPSA) is 87.4 Å². The Bertz CT molecular complexity index is 1120. The number of nitrogens with zero attached hydrogens (tertiary/aromatic N) is 4. The van der Waals surface area contributed by atoms with Crippen LogP contribution in [0.15, 0.2) is 42.5 Å². The minimum Gasteiger partial charge on any atom is -0.368 e. The van der Waals surface area contributed by atoms with Crippen molar-refractivity contribution >= 4 is 28.6 Å². The van der Waals surface area contributed by atoms with Crippen LogP contribution in [-0.2, 0) is 6.42 Å². The Balaban J connectivity index is 1.51. The average molecular weight is 447 g/mol. The largest absolute Gasteiger partial charge is 0.368 e. The van der Waals surface area contributed by atoms with Crippen LogP contribution in [-0.4, -0.2) is 54.0 Å². The summed E-state index contributed by atoms with van der Waals surface area (Å²) in [6, 6.07) is 14.0. The fourth-order valence-corrected chi connectivity index (χ4v) is 4.31. The number of fused-ring (bicyclic) bond motifs is 1. The molecule has 2 aromatic carbocycles. The van der Waals surface area contributed by atoms with Crippen LogP contribution < -0.4 is 16.0 Å². The minimum atomic E-state index is -0.131. The van der Waals surface area contributed by atoms with Crippen LogP contribution >= 0.6 is 0 Å². The quantitative estimate of drug-likeness (QED) is 0.601. The van der Waals surface area contributed by atoms with E-state index in [9.17, 15) is 4.79 Å². The fourth-order valence-electron chi connectivity index (χ4n) is 4.31. The molecule has 1 aliphatic rings. The van der Waals surface area contributed by atoms with Gasteiger partial charge in [0.1, 0.15) is 5.82 Å². The van der Waals surface area contributed by atoms with E-state index < -0.39 is 0 Å². The zero-order chi connectivity index (χ0) is 23.5. The number of rotatable bonds is 6. The number of anilines is 2. The molecule has 1 unspecified atom stereocenters. The maximum Gasteiger partial charge on any atom is 0.251 e. The number of nitrogen functional groups attached to an aromatic ring is 1. The molecule has 33 heavy (non-hydrogen) atoms. The molecule has 1 aromatic heterocycles. The molecule has 1 aliphatic heterocycles. The molecular formula is C26H34N6O. The van der Waals surface area contributed by atoms with Gasteiger partial charge in [0, 0.05) is 37.1 Å². The van der Waals surface area contributed by atoms with E-state index in [1.807, 2.05) is 19.1 Å². The van der Waals surface area contributed by atoms with Crippen molar-refractivity contribution in [3.63, 3.8) is 0 Å². The van der Waals surface area contributed by atoms with Crippen LogP contribution in [0.3, 0.4) is 0 Å². The van der Waals surface area contributed by atoms with E-state index in [1.165, 1.54) is 5.56 Å². The number of carbonyl (C=O) groups is 1. The van der Waals surface area contributed by atoms with E-state index in [1.54, 1.807) is 6.07 Å². The van der Waals surface area contributed by atoms with Gasteiger partial charge in [-0.05, 0) is 55.6 Å². The van der Waals surface area contributed by atoms with Crippen LogP contribution in [0, 0.1) is 5.92 Å². The lowest BCUT2D eigenvalue weighted by atomic mass is 10.00. The van der Waals surface area contributed by atoms with Crippen molar-refractivity contribution in [3.05, 3.63) is 59.2 Å². The molecule has 1 saturated heterocycles. The van der Waals surface area contributed by atoms with Crippen molar-refractivity contribution in [1.29, 1.82) is 0 Å². The molecule has 0 aliphatic carbocycles. The molecule has 0 radical (unpaired) electrons. The Hall–Kier alpha value is -3.19. The third-order valence-electron chi connectivity index (χ3n) is 6.23. The highest BCUT2D eigenvalue weighted by molar-refractivity contribution is 6.00. The number of benzene rings is 2. The smallest absolute Gasteiger partial charge is 0.251 e. The normalized spacial score (nSPS) is 15.7. The van der Waals surface area contributed by atoms with E-state index >= 15 is 0 Å². The summed E-state index contributed by atoms with van der Waals surface area (Å²) in [6.07, 6.45) is 1.05. The highest BCUT2D eigenvalue weighted by atomic mass is 16.1. The van der Waals surface area contributed by atoms with Crippen molar-refractivity contribution in [3.8, 4) is 0 Å². The van der Waals surface area contributed by atoms with E-state index in [0.717, 1.165) is 49.4 Å². The molecule has 3 aromatic rings. The molecule has 0 bridgehead atoms. The van der Waals surface area contributed by atoms with Gasteiger partial charge in [0.05, 0.1) is 11.6 Å². The monoisotopic (exact) mass is 446 g/mol. The lowest BCUT2D eigenvalue weighted by molar-refractivity contribution is 0.0940. The number of nitrogens with two attached hydrogens (primary N) is 1. The van der Waals surface area contributed by atoms with Crippen LogP contribution in [0.1, 0.15) is 48.3 Å². The summed E-state index contributed by atoms with van der Waals surface area (Å²) in [7, 11) is 2.12. The molecule has 7 heteroatoms. The molecule has 174 valence electrons. The van der Waals surface area contributed by atoms with Crippen LogP contribution in [0.5, 0.6) is 0 Å². The van der Waals surface area contributed by atoms with Gasteiger partial charge in [-0.15, -0.1) is 0 Å². The van der Waals surface area contributed by atoms with E-state index in [2.05, 4.69) is 70.2 Å². The second kappa shape index (κ2) is 9.75. The molecule has 3 N–H and O–H groups in total. The Morgan fingerprint density at radius 2 is 1.73 bits per heavy atom. The fraction of sp³-hybridized carbons (Fsp3) is 0.423. The standard InChI is InChI=1S/C26H34N6O/c1-17(2)15-19-5-7-20(8-6-19)18(3)28-25(33)21-9-10-22-23(16-21)29-26(27)30-24(22)32-13-11-31(4)12-14-32/h5-10,16-18H,11-15H2,1-4H3,(H,28,33)(H2,27,29,30). The summed E-state index contributed by atoms with van der Waals surface area (Å²) < 4.78 is 0. The summed E-state index contributed by atoms with van der Waals surface area (Å²) in [5.74, 6) is 1.56. The number of piperazine rings is 1. The first-order chi connectivity index (χ1) is 15.8. The lowest BCUT2D eigenvalue weighted by Crippen LogP contribution is -2.45. The Morgan fingerprint density at radius 3 is 2.39 bits per heavy atom. The maximum atomic E-state index is 13.0. The Morgan fingerprint density at radius 1 is 1.03 bits per heavy atom. The van der Waals surface area contributed by atoms with Crippen molar-refractivity contribution in [2.24, 2.45) is 5.92 Å². The first kappa shape index (κ1) is 23.0. The van der Waals surface area contributed by atoms with Crippen molar-refractivity contribution < 1.29 is 4.79 Å². The first-order valence-electron chi connectivity index (χ1n) is 11.7. The van der Waals surface area contributed by atoms with Crippen molar-refractivity contribution in [2.75, 3.05) is 43.9 Å². The van der Waals surface area contributed by atoms with Crippen molar-refractivity contribution in [2.45, 2.75) is 33.2 Å². The molecule has 1 fully saturated rings. The van der Waals surface area contributed by atoms with Gasteiger partial charge in [-0.3, -0.25) is 4.79 Å². The zero-order valence-corrected chi connectivity index (χ0v) is 20.0. The van der Waals surface area contributed by atoms with Crippen LogP contribution in [0.4, 0.5) is 11.8 Å². The zero-order valence-electron chi connectivity index (χ0n) is 20.0. The predicted octanol–water partition coefficient (Wildman–Crippen LogP) is 3.65. The lowest BCUT2D eigenvalue weighted by Gasteiger charge is -2.33. The summed E-state index contributed by atoms with van der Waals surface area (Å²) in [6.45, 7) is 10.2. The number of hydrogen-bond donors (Lipinski definition) is 2. The Labute approximate surface area is 196 Å². The van der Waals surface area contributed by atoms with E-state index in [-0.39, 0.29) is 17.9 Å². The van der Waals surface area contributed by atoms with Gasteiger partial charge in [0.15, 0.2) is 0 Å². The summed E-state index contributed by atoms with van der Waals surface area (Å²) in [4.78, 5) is 26.4. The molecule has 0 saturated carbocycles. The van der Waals surface area contributed by atoms with Crippen LogP contribution in [0.25, 0.3) is 10.9 Å². The van der Waals surface area contributed by atoms with E-state index in [0.29, 0.717) is 17.0 Å². The molecule has 1 amide bonds. The minimum absolute atomic E-state index is 0.0994. The average Bonchev–Trinajstić information content (AvgIpc) is 2.78. The third-order valence-corrected chi connectivity index (χ3v) is 6.23. The SMILES string of the molecule is CC(C)Cc1ccc(C(C)NC(=O)c2ccc3c(N4CCN(C)CC4)nc(N)nc3c2)cc1. The number of hydrogen-bond acceptors (Lipinski definition) is 6. The van der Waals surface area contributed by atoms with Gasteiger partial charge in [-0.25, -0.2) is 4.98 Å². The molecular weight excluding hydrogens is 412 g/mol. The van der Waals surface area contributed by atoms with Gasteiger partial charge in [-0.1, -0.05) is 38.1 Å². The molecule has 1 atom stereocenters. The van der Waals surface area contributed by atoms with Gasteiger partial charge < -0.3 is 20.9 Å². The number of carbonyl (C=O) groups excluding carboxylic acids is 1. The predicted molar refractivity (Wildman–Crippen MR) is 135 cm³/mol.